The maximum atomic E-state index is 8.59. The van der Waals surface area contributed by atoms with Gasteiger partial charge in [-0.1, -0.05) is 18.2 Å². The number of nitrogens with two attached hydrogens (primary N) is 1. The third kappa shape index (κ3) is 2.00. The fourth-order valence-corrected chi connectivity index (χ4v) is 1.68. The van der Waals surface area contributed by atoms with E-state index in [-0.39, 0.29) is 7.47 Å². The van der Waals surface area contributed by atoms with Crippen molar-refractivity contribution >= 4 is 10.9 Å². The van der Waals surface area contributed by atoms with Crippen LogP contribution in [-0.2, 0) is 6.54 Å². The Balaban J connectivity index is 0.00000128. The van der Waals surface area contributed by atoms with Gasteiger partial charge in [-0.05, 0) is 23.9 Å². The molecule has 0 saturated heterocycles. The summed E-state index contributed by atoms with van der Waals surface area (Å²) in [6, 6.07) is 11.9. The minimum absolute atomic E-state index is 0. The van der Waals surface area contributed by atoms with E-state index in [4.69, 9.17) is 11.0 Å². The van der Waals surface area contributed by atoms with E-state index >= 15 is 0 Å². The van der Waals surface area contributed by atoms with Gasteiger partial charge in [-0.15, -0.1) is 0 Å². The van der Waals surface area contributed by atoms with Crippen LogP contribution in [0.1, 0.15) is 7.85 Å². The molecule has 0 radical (unpaired) electrons. The lowest BCUT2D eigenvalue weighted by atomic mass is 10.2. The van der Waals surface area contributed by atoms with E-state index in [1.807, 2.05) is 24.4 Å². The molecule has 78 valence electrons. The van der Waals surface area contributed by atoms with Crippen molar-refractivity contribution in [2.75, 3.05) is 0 Å². The molecule has 3 nitrogen and oxygen atoms in total. The second-order valence-electron chi connectivity index (χ2n) is 3.59. The first-order valence-corrected chi connectivity index (χ1v) is 5.00. The monoisotopic (exact) mass is 201 g/mol. The van der Waals surface area contributed by atoms with Crippen LogP contribution in [-0.4, -0.2) is 10.6 Å². The summed E-state index contributed by atoms with van der Waals surface area (Å²) in [5, 5.41) is 9.82. The topological polar surface area (TPSA) is 54.7 Å². The molecule has 0 fully saturated rings. The highest BCUT2D eigenvalue weighted by atomic mass is 15.0. The molecule has 2 aromatic rings. The van der Waals surface area contributed by atoms with Gasteiger partial charge in [-0.2, -0.15) is 5.26 Å². The van der Waals surface area contributed by atoms with E-state index in [9.17, 15) is 0 Å². The Bertz CT molecular complexity index is 498. The number of fused-ring (bicyclic) bond motifs is 1. The highest BCUT2D eigenvalue weighted by Crippen LogP contribution is 2.15. The smallest absolute Gasteiger partial charge is 0.0945 e. The summed E-state index contributed by atoms with van der Waals surface area (Å²) in [4.78, 5) is 0. The van der Waals surface area contributed by atoms with Gasteiger partial charge >= 0.3 is 0 Å². The molecule has 0 bridgehead atoms. The Labute approximate surface area is 90.2 Å². The normalized spacial score (nSPS) is 12.5. The van der Waals surface area contributed by atoms with Gasteiger partial charge in [0.2, 0.25) is 0 Å². The number of hydrogen-bond donors (Lipinski definition) is 1. The molecule has 2 rings (SSSR count). The van der Waals surface area contributed by atoms with Crippen molar-refractivity contribution in [3.8, 4) is 6.07 Å². The van der Waals surface area contributed by atoms with E-state index in [2.05, 4.69) is 22.8 Å². The number of nitriles is 1. The van der Waals surface area contributed by atoms with Crippen LogP contribution in [0.4, 0.5) is 0 Å². The number of aryl methyl sites for hydroxylation is 1. The molecule has 0 saturated carbocycles. The first kappa shape index (κ1) is 9.75. The largest absolute Gasteiger partial charge is 0.347 e. The van der Waals surface area contributed by atoms with Gasteiger partial charge in [0.25, 0.3) is 0 Å². The van der Waals surface area contributed by atoms with Crippen LogP contribution in [0.3, 0.4) is 0 Å². The standard InChI is InChI=1S/C12H13N3.H2/c13-9-11(14)6-8-15-7-5-10-3-1-2-4-12(10)15;/h1-5,7,11H,6,8,14H2;1H. The van der Waals surface area contributed by atoms with Crippen LogP contribution >= 0.6 is 0 Å². The quantitative estimate of drug-likeness (QED) is 0.827. The Morgan fingerprint density at radius 1 is 1.40 bits per heavy atom. The summed E-state index contributed by atoms with van der Waals surface area (Å²) < 4.78 is 2.13. The molecular weight excluding hydrogens is 186 g/mol. The number of nitrogens with zero attached hydrogens (tertiary/aromatic N) is 2. The van der Waals surface area contributed by atoms with Crippen LogP contribution in [0.5, 0.6) is 0 Å². The fourth-order valence-electron chi connectivity index (χ4n) is 1.68. The summed E-state index contributed by atoms with van der Waals surface area (Å²) in [6.45, 7) is 0.794. The van der Waals surface area contributed by atoms with E-state index < -0.39 is 0 Å². The SMILES string of the molecule is N#CC(N)CCn1ccc2ccccc21.[HH]. The number of rotatable bonds is 3. The maximum Gasteiger partial charge on any atom is 0.0945 e. The third-order valence-corrected chi connectivity index (χ3v) is 2.53. The molecule has 2 N–H and O–H groups in total. The third-order valence-electron chi connectivity index (χ3n) is 2.53. The van der Waals surface area contributed by atoms with Crippen molar-refractivity contribution in [1.29, 1.82) is 5.26 Å². The summed E-state index contributed by atoms with van der Waals surface area (Å²) in [7, 11) is 0. The Morgan fingerprint density at radius 3 is 3.00 bits per heavy atom. The minimum atomic E-state index is -0.369. The maximum absolute atomic E-state index is 8.59. The molecule has 0 spiro atoms. The number of aromatic nitrogens is 1. The first-order chi connectivity index (χ1) is 7.31. The highest BCUT2D eigenvalue weighted by Gasteiger charge is 2.02. The second-order valence-corrected chi connectivity index (χ2v) is 3.59. The summed E-state index contributed by atoms with van der Waals surface area (Å²) in [5.41, 5.74) is 6.76. The van der Waals surface area contributed by atoms with Gasteiger partial charge < -0.3 is 10.3 Å². The van der Waals surface area contributed by atoms with Crippen molar-refractivity contribution in [1.82, 2.24) is 4.57 Å². The molecule has 1 unspecified atom stereocenters. The van der Waals surface area contributed by atoms with Crippen LogP contribution in [0, 0.1) is 11.3 Å². The predicted molar refractivity (Wildman–Crippen MR) is 62.3 cm³/mol. The molecule has 0 aliphatic rings. The molecule has 0 aliphatic heterocycles. The van der Waals surface area contributed by atoms with Crippen molar-refractivity contribution in [2.24, 2.45) is 5.73 Å². The van der Waals surface area contributed by atoms with Gasteiger partial charge in [0.15, 0.2) is 0 Å². The van der Waals surface area contributed by atoms with E-state index in [1.54, 1.807) is 0 Å². The minimum Gasteiger partial charge on any atom is -0.347 e. The van der Waals surface area contributed by atoms with E-state index in [0.717, 1.165) is 6.54 Å². The van der Waals surface area contributed by atoms with Crippen molar-refractivity contribution in [3.63, 3.8) is 0 Å². The van der Waals surface area contributed by atoms with Crippen LogP contribution < -0.4 is 5.73 Å². The van der Waals surface area contributed by atoms with Crippen molar-refractivity contribution in [3.05, 3.63) is 36.5 Å². The molecule has 1 aromatic heterocycles. The average Bonchev–Trinajstić information content (AvgIpc) is 2.69. The van der Waals surface area contributed by atoms with Gasteiger partial charge in [0.05, 0.1) is 12.1 Å². The Kier molecular flexibility index (Phi) is 2.70. The van der Waals surface area contributed by atoms with Crippen LogP contribution in [0.15, 0.2) is 36.5 Å². The Hall–Kier alpha value is -1.79. The van der Waals surface area contributed by atoms with E-state index in [0.29, 0.717) is 6.42 Å². The van der Waals surface area contributed by atoms with Crippen LogP contribution in [0.25, 0.3) is 10.9 Å². The summed E-state index contributed by atoms with van der Waals surface area (Å²) in [6.07, 6.45) is 2.73. The predicted octanol–water partition coefficient (Wildman–Crippen LogP) is 2.13. The molecule has 0 aliphatic carbocycles. The molecule has 3 heteroatoms. The van der Waals surface area contributed by atoms with Gasteiger partial charge in [0, 0.05) is 19.7 Å². The summed E-state index contributed by atoms with van der Waals surface area (Å²) >= 11 is 0. The van der Waals surface area contributed by atoms with Crippen molar-refractivity contribution < 1.29 is 1.43 Å². The molecule has 1 heterocycles. The number of benzene rings is 1. The van der Waals surface area contributed by atoms with Crippen LogP contribution in [0.2, 0.25) is 0 Å². The van der Waals surface area contributed by atoms with Gasteiger partial charge in [-0.25, -0.2) is 0 Å². The molecule has 15 heavy (non-hydrogen) atoms. The fraction of sp³-hybridized carbons (Fsp3) is 0.250. The number of hydrogen-bond acceptors (Lipinski definition) is 2. The molecule has 1 aromatic carbocycles. The number of para-hydroxylation sites is 1. The van der Waals surface area contributed by atoms with Gasteiger partial charge in [-0.3, -0.25) is 0 Å². The lowest BCUT2D eigenvalue weighted by Crippen LogP contribution is -2.19. The van der Waals surface area contributed by atoms with Crippen molar-refractivity contribution in [2.45, 2.75) is 19.0 Å². The zero-order chi connectivity index (χ0) is 10.7. The highest BCUT2D eigenvalue weighted by molar-refractivity contribution is 5.79. The second kappa shape index (κ2) is 4.16. The zero-order valence-electron chi connectivity index (χ0n) is 8.43. The zero-order valence-corrected chi connectivity index (χ0v) is 8.43. The van der Waals surface area contributed by atoms with E-state index in [1.165, 1.54) is 10.9 Å². The summed E-state index contributed by atoms with van der Waals surface area (Å²) in [5.74, 6) is 0. The molecule has 0 amide bonds. The first-order valence-electron chi connectivity index (χ1n) is 5.00. The molecule has 1 atom stereocenters. The van der Waals surface area contributed by atoms with Gasteiger partial charge in [0.1, 0.15) is 0 Å². The average molecular weight is 201 g/mol. The lowest BCUT2D eigenvalue weighted by molar-refractivity contribution is 0.620. The molecular formula is C12H15N3. The lowest BCUT2D eigenvalue weighted by Gasteiger charge is -2.06. The Morgan fingerprint density at radius 2 is 2.20 bits per heavy atom.